The molecule has 2 fully saturated rings. The van der Waals surface area contributed by atoms with Crippen LogP contribution >= 0.6 is 0 Å². The third-order valence-electron chi connectivity index (χ3n) is 2.83. The number of hydrogen-bond acceptors (Lipinski definition) is 3. The summed E-state index contributed by atoms with van der Waals surface area (Å²) >= 11 is 0. The molecule has 0 bridgehead atoms. The van der Waals surface area contributed by atoms with E-state index in [1.807, 2.05) is 0 Å². The largest absolute Gasteiger partial charge is 0.388 e. The van der Waals surface area contributed by atoms with E-state index in [-0.39, 0.29) is 0 Å². The van der Waals surface area contributed by atoms with Gasteiger partial charge in [-0.1, -0.05) is 0 Å². The van der Waals surface area contributed by atoms with E-state index < -0.39 is 5.60 Å². The van der Waals surface area contributed by atoms with Crippen molar-refractivity contribution in [1.82, 2.24) is 10.6 Å². The minimum Gasteiger partial charge on any atom is -0.388 e. The molecular formula is C9H18N2O. The van der Waals surface area contributed by atoms with Gasteiger partial charge in [0.25, 0.3) is 0 Å². The molecule has 3 nitrogen and oxygen atoms in total. The number of rotatable bonds is 3. The Labute approximate surface area is 73.5 Å². The van der Waals surface area contributed by atoms with Gasteiger partial charge in [0.05, 0.1) is 5.60 Å². The van der Waals surface area contributed by atoms with Crippen LogP contribution in [0.2, 0.25) is 0 Å². The Kier molecular flexibility index (Phi) is 2.35. The molecule has 3 N–H and O–H groups in total. The van der Waals surface area contributed by atoms with Crippen molar-refractivity contribution >= 4 is 0 Å². The maximum absolute atomic E-state index is 10.0. The molecule has 2 rings (SSSR count). The summed E-state index contributed by atoms with van der Waals surface area (Å²) in [5, 5.41) is 16.7. The van der Waals surface area contributed by atoms with Gasteiger partial charge >= 0.3 is 0 Å². The first-order valence-corrected chi connectivity index (χ1v) is 4.95. The van der Waals surface area contributed by atoms with Crippen molar-refractivity contribution in [3.05, 3.63) is 0 Å². The Balaban J connectivity index is 1.73. The lowest BCUT2D eigenvalue weighted by atomic mass is 9.92. The van der Waals surface area contributed by atoms with Gasteiger partial charge in [-0.05, 0) is 38.8 Å². The van der Waals surface area contributed by atoms with Crippen LogP contribution < -0.4 is 10.6 Å². The fourth-order valence-corrected chi connectivity index (χ4v) is 1.69. The molecule has 0 radical (unpaired) electrons. The third-order valence-corrected chi connectivity index (χ3v) is 2.83. The van der Waals surface area contributed by atoms with Crippen LogP contribution in [0.4, 0.5) is 0 Å². The number of nitrogens with one attached hydrogen (secondary N) is 2. The summed E-state index contributed by atoms with van der Waals surface area (Å²) in [4.78, 5) is 0. The standard InChI is InChI=1S/C9H18N2O/c12-9(3-5-10-6-4-9)7-11-8-1-2-8/h8,10-12H,1-7H2. The minimum atomic E-state index is -0.423. The van der Waals surface area contributed by atoms with Gasteiger partial charge in [0.15, 0.2) is 0 Å². The molecule has 1 heterocycles. The minimum absolute atomic E-state index is 0.423. The molecule has 12 heavy (non-hydrogen) atoms. The molecule has 0 aromatic rings. The van der Waals surface area contributed by atoms with Crippen molar-refractivity contribution in [2.75, 3.05) is 19.6 Å². The van der Waals surface area contributed by atoms with E-state index >= 15 is 0 Å². The lowest BCUT2D eigenvalue weighted by molar-refractivity contribution is 0.0109. The van der Waals surface area contributed by atoms with Gasteiger partial charge in [-0.3, -0.25) is 0 Å². The first kappa shape index (κ1) is 8.48. The van der Waals surface area contributed by atoms with Gasteiger partial charge in [0.1, 0.15) is 0 Å². The molecule has 0 atom stereocenters. The molecule has 0 aromatic carbocycles. The van der Waals surface area contributed by atoms with E-state index in [0.717, 1.165) is 32.5 Å². The molecule has 0 unspecified atom stereocenters. The Morgan fingerprint density at radius 2 is 2.00 bits per heavy atom. The van der Waals surface area contributed by atoms with Crippen molar-refractivity contribution in [3.8, 4) is 0 Å². The number of piperidine rings is 1. The summed E-state index contributed by atoms with van der Waals surface area (Å²) < 4.78 is 0. The van der Waals surface area contributed by atoms with Crippen LogP contribution in [0.25, 0.3) is 0 Å². The average Bonchev–Trinajstić information content (AvgIpc) is 2.85. The summed E-state index contributed by atoms with van der Waals surface area (Å²) in [6.07, 6.45) is 4.39. The molecule has 0 spiro atoms. The predicted molar refractivity (Wildman–Crippen MR) is 48.1 cm³/mol. The predicted octanol–water partition coefficient (Wildman–Crippen LogP) is -0.147. The molecule has 0 aromatic heterocycles. The van der Waals surface area contributed by atoms with Crippen molar-refractivity contribution in [2.24, 2.45) is 0 Å². The SMILES string of the molecule is OC1(CNC2CC2)CCNCC1. The highest BCUT2D eigenvalue weighted by molar-refractivity contribution is 4.90. The summed E-state index contributed by atoms with van der Waals surface area (Å²) in [6, 6.07) is 0.712. The van der Waals surface area contributed by atoms with Crippen LogP contribution in [-0.4, -0.2) is 36.4 Å². The number of aliphatic hydroxyl groups is 1. The zero-order chi connectivity index (χ0) is 8.44. The van der Waals surface area contributed by atoms with Crippen molar-refractivity contribution in [2.45, 2.75) is 37.3 Å². The van der Waals surface area contributed by atoms with Crippen LogP contribution in [-0.2, 0) is 0 Å². The quantitative estimate of drug-likeness (QED) is 0.552. The Morgan fingerprint density at radius 1 is 1.33 bits per heavy atom. The summed E-state index contributed by atoms with van der Waals surface area (Å²) in [7, 11) is 0. The highest BCUT2D eigenvalue weighted by atomic mass is 16.3. The maximum atomic E-state index is 10.0. The van der Waals surface area contributed by atoms with Gasteiger partial charge in [-0.25, -0.2) is 0 Å². The lowest BCUT2D eigenvalue weighted by Crippen LogP contribution is -2.48. The summed E-state index contributed by atoms with van der Waals surface area (Å²) in [5.74, 6) is 0. The topological polar surface area (TPSA) is 44.3 Å². The average molecular weight is 170 g/mol. The van der Waals surface area contributed by atoms with Crippen LogP contribution in [0, 0.1) is 0 Å². The van der Waals surface area contributed by atoms with Crippen molar-refractivity contribution in [3.63, 3.8) is 0 Å². The zero-order valence-electron chi connectivity index (χ0n) is 7.47. The molecular weight excluding hydrogens is 152 g/mol. The van der Waals surface area contributed by atoms with Crippen molar-refractivity contribution in [1.29, 1.82) is 0 Å². The van der Waals surface area contributed by atoms with E-state index in [0.29, 0.717) is 6.04 Å². The third kappa shape index (κ3) is 2.19. The Hall–Kier alpha value is -0.120. The monoisotopic (exact) mass is 170 g/mol. The second kappa shape index (κ2) is 3.32. The second-order valence-electron chi connectivity index (χ2n) is 4.13. The van der Waals surface area contributed by atoms with Crippen LogP contribution in [0.1, 0.15) is 25.7 Å². The fourth-order valence-electron chi connectivity index (χ4n) is 1.69. The van der Waals surface area contributed by atoms with E-state index in [9.17, 15) is 5.11 Å². The highest BCUT2D eigenvalue weighted by Gasteiger charge is 2.31. The highest BCUT2D eigenvalue weighted by Crippen LogP contribution is 2.22. The van der Waals surface area contributed by atoms with Gasteiger partial charge in [0, 0.05) is 12.6 Å². The molecule has 2 aliphatic rings. The van der Waals surface area contributed by atoms with E-state index in [1.165, 1.54) is 12.8 Å². The summed E-state index contributed by atoms with van der Waals surface area (Å²) in [6.45, 7) is 2.71. The molecule has 1 saturated heterocycles. The van der Waals surface area contributed by atoms with Gasteiger partial charge in [0.2, 0.25) is 0 Å². The number of hydrogen-bond donors (Lipinski definition) is 3. The fraction of sp³-hybridized carbons (Fsp3) is 1.00. The van der Waals surface area contributed by atoms with E-state index in [4.69, 9.17) is 0 Å². The molecule has 3 heteroatoms. The first-order chi connectivity index (χ1) is 5.79. The van der Waals surface area contributed by atoms with Gasteiger partial charge < -0.3 is 15.7 Å². The van der Waals surface area contributed by atoms with Gasteiger partial charge in [-0.2, -0.15) is 0 Å². The lowest BCUT2D eigenvalue weighted by Gasteiger charge is -2.32. The van der Waals surface area contributed by atoms with Gasteiger partial charge in [-0.15, -0.1) is 0 Å². The molecule has 1 aliphatic carbocycles. The van der Waals surface area contributed by atoms with E-state index in [2.05, 4.69) is 10.6 Å². The van der Waals surface area contributed by atoms with E-state index in [1.54, 1.807) is 0 Å². The summed E-state index contributed by atoms with van der Waals surface area (Å²) in [5.41, 5.74) is -0.423. The Bertz CT molecular complexity index is 151. The first-order valence-electron chi connectivity index (χ1n) is 4.95. The molecule has 70 valence electrons. The normalized spacial score (nSPS) is 28.8. The van der Waals surface area contributed by atoms with Crippen LogP contribution in [0.15, 0.2) is 0 Å². The second-order valence-corrected chi connectivity index (χ2v) is 4.13. The smallest absolute Gasteiger partial charge is 0.0795 e. The molecule has 0 amide bonds. The zero-order valence-corrected chi connectivity index (χ0v) is 7.47. The Morgan fingerprint density at radius 3 is 2.58 bits per heavy atom. The maximum Gasteiger partial charge on any atom is 0.0795 e. The molecule has 1 aliphatic heterocycles. The van der Waals surface area contributed by atoms with Crippen molar-refractivity contribution < 1.29 is 5.11 Å². The van der Waals surface area contributed by atoms with Crippen LogP contribution in [0.5, 0.6) is 0 Å². The molecule has 1 saturated carbocycles. The van der Waals surface area contributed by atoms with Crippen LogP contribution in [0.3, 0.4) is 0 Å².